The van der Waals surface area contributed by atoms with Crippen molar-refractivity contribution in [2.24, 2.45) is 5.92 Å². The quantitative estimate of drug-likeness (QED) is 0.449. The van der Waals surface area contributed by atoms with Crippen LogP contribution < -0.4 is 16.1 Å². The van der Waals surface area contributed by atoms with Crippen molar-refractivity contribution in [1.29, 1.82) is 0 Å². The molecule has 1 aromatic rings. The van der Waals surface area contributed by atoms with Crippen LogP contribution in [0.15, 0.2) is 15.8 Å². The third-order valence-corrected chi connectivity index (χ3v) is 8.74. The van der Waals surface area contributed by atoms with Crippen LogP contribution in [0.3, 0.4) is 0 Å². The summed E-state index contributed by atoms with van der Waals surface area (Å²) in [4.78, 5) is 57.6. The summed E-state index contributed by atoms with van der Waals surface area (Å²) in [7, 11) is -7.51. The van der Waals surface area contributed by atoms with Gasteiger partial charge in [0.25, 0.3) is 5.56 Å². The summed E-state index contributed by atoms with van der Waals surface area (Å²) in [5, 5.41) is 0. The van der Waals surface area contributed by atoms with Gasteiger partial charge >= 0.3 is 13.3 Å². The second-order valence-electron chi connectivity index (χ2n) is 7.93. The molecule has 170 valence electrons. The lowest BCUT2D eigenvalue weighted by Crippen LogP contribution is -2.41. The van der Waals surface area contributed by atoms with E-state index >= 15 is 0 Å². The predicted molar refractivity (Wildman–Crippen MR) is 102 cm³/mol. The summed E-state index contributed by atoms with van der Waals surface area (Å²) in [6.07, 6.45) is -3.16. The predicted octanol–water partition coefficient (Wildman–Crippen LogP) is -0.329. The molecule has 0 aromatic carbocycles. The fourth-order valence-electron chi connectivity index (χ4n) is 3.61. The SMILES string of the molecule is COC1C(OP(=O)([O-])C(C)C)C(C2CC2P(=O)(O)O)OC1n1cc(C)c(=O)[nH]c1=O. The topological polar surface area (TPSA) is 180 Å². The first-order valence-electron chi connectivity index (χ1n) is 9.32. The van der Waals surface area contributed by atoms with E-state index in [0.717, 1.165) is 4.57 Å². The van der Waals surface area contributed by atoms with E-state index in [0.29, 0.717) is 0 Å². The largest absolute Gasteiger partial charge is 0.778 e. The fraction of sp³-hybridized carbons (Fsp3) is 0.750. The van der Waals surface area contributed by atoms with Crippen LogP contribution in [0.25, 0.3) is 0 Å². The van der Waals surface area contributed by atoms with Crippen LogP contribution in [0, 0.1) is 12.8 Å². The smallest absolute Gasteiger partial charge is 0.330 e. The monoisotopic (exact) mass is 467 g/mol. The van der Waals surface area contributed by atoms with E-state index in [9.17, 15) is 33.4 Å². The number of ether oxygens (including phenoxy) is 2. The van der Waals surface area contributed by atoms with Crippen LogP contribution in [0.2, 0.25) is 0 Å². The van der Waals surface area contributed by atoms with Gasteiger partial charge in [0.15, 0.2) is 6.23 Å². The molecule has 14 heteroatoms. The molecule has 1 saturated carbocycles. The van der Waals surface area contributed by atoms with Gasteiger partial charge in [0.1, 0.15) is 19.8 Å². The Morgan fingerprint density at radius 2 is 1.93 bits per heavy atom. The number of methoxy groups -OCH3 is 1. The molecule has 7 unspecified atom stereocenters. The Morgan fingerprint density at radius 1 is 1.30 bits per heavy atom. The number of hydrogen-bond donors (Lipinski definition) is 3. The molecule has 3 N–H and O–H groups in total. The van der Waals surface area contributed by atoms with Gasteiger partial charge in [-0.05, 0) is 13.3 Å². The Balaban J connectivity index is 2.02. The molecule has 0 amide bonds. The highest BCUT2D eigenvalue weighted by molar-refractivity contribution is 7.53. The summed E-state index contributed by atoms with van der Waals surface area (Å²) < 4.78 is 41.9. The van der Waals surface area contributed by atoms with Gasteiger partial charge in [-0.25, -0.2) is 4.79 Å². The summed E-state index contributed by atoms with van der Waals surface area (Å²) in [6, 6.07) is 0. The zero-order valence-electron chi connectivity index (χ0n) is 16.8. The maximum Gasteiger partial charge on any atom is 0.330 e. The number of aryl methyl sites for hydroxylation is 1. The van der Waals surface area contributed by atoms with E-state index < -0.39 is 68.2 Å². The molecule has 1 aliphatic carbocycles. The normalized spacial score (nSPS) is 33.6. The highest BCUT2D eigenvalue weighted by atomic mass is 31.2. The number of aromatic nitrogens is 2. The molecule has 0 radical (unpaired) electrons. The minimum absolute atomic E-state index is 0.113. The number of H-pyrrole nitrogens is 1. The minimum atomic E-state index is -4.42. The summed E-state index contributed by atoms with van der Waals surface area (Å²) >= 11 is 0. The molecule has 1 aromatic heterocycles. The highest BCUT2D eigenvalue weighted by Crippen LogP contribution is 2.62. The third-order valence-electron chi connectivity index (χ3n) is 5.48. The van der Waals surface area contributed by atoms with Crippen molar-refractivity contribution in [2.75, 3.05) is 7.11 Å². The molecule has 2 heterocycles. The number of aromatic amines is 1. The average molecular weight is 467 g/mol. The van der Waals surface area contributed by atoms with Crippen molar-refractivity contribution in [3.05, 3.63) is 32.6 Å². The van der Waals surface area contributed by atoms with Crippen molar-refractivity contribution in [1.82, 2.24) is 9.55 Å². The van der Waals surface area contributed by atoms with Gasteiger partial charge in [0.05, 0.1) is 11.8 Å². The molecule has 1 saturated heterocycles. The fourth-order valence-corrected chi connectivity index (χ4v) is 5.62. The first-order chi connectivity index (χ1) is 13.8. The Bertz CT molecular complexity index is 1010. The van der Waals surface area contributed by atoms with Crippen LogP contribution in [0.4, 0.5) is 0 Å². The molecular formula is C16H25N2O10P2-. The molecule has 3 rings (SSSR count). The van der Waals surface area contributed by atoms with Gasteiger partial charge in [0, 0.05) is 30.4 Å². The molecule has 0 spiro atoms. The van der Waals surface area contributed by atoms with Crippen LogP contribution in [-0.2, 0) is 23.1 Å². The van der Waals surface area contributed by atoms with Crippen LogP contribution in [-0.4, -0.2) is 56.1 Å². The molecule has 0 bridgehead atoms. The highest BCUT2D eigenvalue weighted by Gasteiger charge is 2.61. The van der Waals surface area contributed by atoms with Crippen molar-refractivity contribution in [2.45, 2.75) is 63.0 Å². The van der Waals surface area contributed by atoms with Gasteiger partial charge in [-0.2, -0.15) is 0 Å². The molecule has 30 heavy (non-hydrogen) atoms. The lowest BCUT2D eigenvalue weighted by atomic mass is 10.1. The first-order valence-corrected chi connectivity index (χ1v) is 12.6. The van der Waals surface area contributed by atoms with E-state index in [4.69, 9.17) is 14.0 Å². The van der Waals surface area contributed by atoms with E-state index in [1.807, 2.05) is 0 Å². The van der Waals surface area contributed by atoms with Gasteiger partial charge in [-0.1, -0.05) is 13.8 Å². The first kappa shape index (κ1) is 23.6. The Hall–Kier alpha value is -1.10. The van der Waals surface area contributed by atoms with Crippen LogP contribution >= 0.6 is 15.2 Å². The zero-order valence-corrected chi connectivity index (χ0v) is 18.6. The molecule has 2 fully saturated rings. The lowest BCUT2D eigenvalue weighted by Gasteiger charge is -2.34. The van der Waals surface area contributed by atoms with Crippen LogP contribution in [0.5, 0.6) is 0 Å². The molecular weight excluding hydrogens is 442 g/mol. The second-order valence-corrected chi connectivity index (χ2v) is 12.1. The molecule has 7 atom stereocenters. The Labute approximate surface area is 171 Å². The maximum atomic E-state index is 12.4. The molecule has 1 aliphatic heterocycles. The summed E-state index contributed by atoms with van der Waals surface area (Å²) in [5.41, 5.74) is -3.02. The Morgan fingerprint density at radius 3 is 2.43 bits per heavy atom. The van der Waals surface area contributed by atoms with E-state index in [2.05, 4.69) is 4.98 Å². The van der Waals surface area contributed by atoms with E-state index in [1.54, 1.807) is 0 Å². The standard InChI is InChI=1S/C16H26N2O10P2/c1-7(2)30(24,25)28-12-11(9-5-10(9)29(21,22)23)27-15(13(12)26-4)18-6-8(3)14(19)17-16(18)20/h6-7,9-13,15H,5H2,1-4H3,(H,24,25)(H,17,19,20)(H2,21,22,23)/p-1. The number of nitrogens with zero attached hydrogens (tertiary/aromatic N) is 1. The minimum Gasteiger partial charge on any atom is -0.778 e. The van der Waals surface area contributed by atoms with E-state index in [-0.39, 0.29) is 12.0 Å². The zero-order chi connectivity index (χ0) is 22.6. The van der Waals surface area contributed by atoms with Crippen LogP contribution in [0.1, 0.15) is 32.1 Å². The van der Waals surface area contributed by atoms with Crippen molar-refractivity contribution >= 4 is 15.2 Å². The Kier molecular flexibility index (Phi) is 6.37. The third kappa shape index (κ3) is 4.42. The lowest BCUT2D eigenvalue weighted by molar-refractivity contribution is -0.209. The van der Waals surface area contributed by atoms with Crippen molar-refractivity contribution in [3.8, 4) is 0 Å². The molecule has 12 nitrogen and oxygen atoms in total. The number of hydrogen-bond acceptors (Lipinski definition) is 8. The van der Waals surface area contributed by atoms with Gasteiger partial charge in [0.2, 0.25) is 0 Å². The van der Waals surface area contributed by atoms with Gasteiger partial charge in [-0.15, -0.1) is 0 Å². The summed E-state index contributed by atoms with van der Waals surface area (Å²) in [6.45, 7) is 4.35. The molecule has 2 aliphatic rings. The number of rotatable bonds is 7. The van der Waals surface area contributed by atoms with E-state index in [1.165, 1.54) is 34.1 Å². The summed E-state index contributed by atoms with van der Waals surface area (Å²) in [5.74, 6) is -0.676. The van der Waals surface area contributed by atoms with Gasteiger partial charge < -0.3 is 33.2 Å². The average Bonchev–Trinajstić information content (AvgIpc) is 3.35. The van der Waals surface area contributed by atoms with Gasteiger partial charge in [-0.3, -0.25) is 18.9 Å². The second kappa shape index (κ2) is 8.11. The maximum absolute atomic E-state index is 12.4. The number of nitrogens with one attached hydrogen (secondary N) is 1. The van der Waals surface area contributed by atoms with Crippen molar-refractivity contribution < 1.29 is 37.8 Å². The van der Waals surface area contributed by atoms with Crippen molar-refractivity contribution in [3.63, 3.8) is 0 Å².